The summed E-state index contributed by atoms with van der Waals surface area (Å²) < 4.78 is 60.3. The van der Waals surface area contributed by atoms with Crippen LogP contribution in [0.3, 0.4) is 0 Å². The minimum Gasteiger partial charge on any atom is -0.492 e. The van der Waals surface area contributed by atoms with Gasteiger partial charge in [0, 0.05) is 18.3 Å². The molecule has 0 aliphatic heterocycles. The minimum absolute atomic E-state index is 0.130. The lowest BCUT2D eigenvalue weighted by molar-refractivity contribution is 0.377. The highest BCUT2D eigenvalue weighted by molar-refractivity contribution is 5.58. The monoisotopic (exact) mass is 394 g/mol. The molecule has 10 heteroatoms. The number of benzene rings is 1. The molecule has 0 fully saturated rings. The average Bonchev–Trinajstić information content (AvgIpc) is 2.60. The van der Waals surface area contributed by atoms with E-state index in [0.29, 0.717) is 6.07 Å². The van der Waals surface area contributed by atoms with Gasteiger partial charge >= 0.3 is 5.56 Å². The van der Waals surface area contributed by atoms with Gasteiger partial charge in [0.25, 0.3) is 5.95 Å². The quantitative estimate of drug-likeness (QED) is 0.531. The lowest BCUT2D eigenvalue weighted by Gasteiger charge is -2.16. The second-order valence-electron chi connectivity index (χ2n) is 5.86. The molecule has 0 aliphatic carbocycles. The fourth-order valence-electron chi connectivity index (χ4n) is 2.53. The molecule has 0 atom stereocenters. The number of aryl methyl sites for hydroxylation is 1. The van der Waals surface area contributed by atoms with E-state index >= 15 is 0 Å². The van der Waals surface area contributed by atoms with E-state index in [1.807, 2.05) is 0 Å². The molecule has 2 aromatic heterocycles. The van der Waals surface area contributed by atoms with Crippen LogP contribution in [0.5, 0.6) is 5.75 Å². The number of methoxy groups -OCH3 is 1. The van der Waals surface area contributed by atoms with Crippen LogP contribution in [0.1, 0.15) is 11.3 Å². The predicted molar refractivity (Wildman–Crippen MR) is 92.7 cm³/mol. The summed E-state index contributed by atoms with van der Waals surface area (Å²) in [6.07, 6.45) is 0.851. The summed E-state index contributed by atoms with van der Waals surface area (Å²) in [7, 11) is 1.25. The van der Waals surface area contributed by atoms with Crippen LogP contribution in [0, 0.1) is 30.3 Å². The Morgan fingerprint density at radius 3 is 2.39 bits per heavy atom. The van der Waals surface area contributed by atoms with Crippen molar-refractivity contribution in [3.8, 4) is 5.75 Å². The van der Waals surface area contributed by atoms with E-state index in [1.54, 1.807) is 0 Å². The van der Waals surface area contributed by atoms with Gasteiger partial charge in [-0.25, -0.2) is 13.8 Å². The maximum Gasteiger partial charge on any atom is 0.310 e. The number of hydrogen-bond acceptors (Lipinski definition) is 5. The smallest absolute Gasteiger partial charge is 0.310 e. The Labute approximate surface area is 156 Å². The molecule has 0 spiro atoms. The number of halogens is 4. The molecule has 146 valence electrons. The van der Waals surface area contributed by atoms with E-state index in [1.165, 1.54) is 20.1 Å². The molecular weight excluding hydrogens is 380 g/mol. The molecule has 2 heterocycles. The summed E-state index contributed by atoms with van der Waals surface area (Å²) >= 11 is 0. The number of rotatable bonds is 5. The van der Waals surface area contributed by atoms with Crippen molar-refractivity contribution >= 4 is 11.6 Å². The van der Waals surface area contributed by atoms with Gasteiger partial charge < -0.3 is 14.6 Å². The summed E-state index contributed by atoms with van der Waals surface area (Å²) in [6.45, 7) is 1.31. The molecule has 0 bridgehead atoms. The van der Waals surface area contributed by atoms with E-state index in [2.05, 4.69) is 15.3 Å². The van der Waals surface area contributed by atoms with Gasteiger partial charge in [0.2, 0.25) is 11.8 Å². The van der Waals surface area contributed by atoms with Gasteiger partial charge in [-0.2, -0.15) is 13.8 Å². The first-order chi connectivity index (χ1) is 13.3. The van der Waals surface area contributed by atoms with Gasteiger partial charge in [-0.05, 0) is 24.6 Å². The summed E-state index contributed by atoms with van der Waals surface area (Å²) in [5, 5.41) is 2.75. The second kappa shape index (κ2) is 7.67. The zero-order valence-electron chi connectivity index (χ0n) is 14.8. The summed E-state index contributed by atoms with van der Waals surface area (Å²) in [5.74, 6) is -3.87. The van der Waals surface area contributed by atoms with E-state index < -0.39 is 29.0 Å². The summed E-state index contributed by atoms with van der Waals surface area (Å²) in [6, 6.07) is 4.12. The topological polar surface area (TPSA) is 69.0 Å². The van der Waals surface area contributed by atoms with Crippen LogP contribution in [-0.4, -0.2) is 21.6 Å². The van der Waals surface area contributed by atoms with Gasteiger partial charge in [-0.3, -0.25) is 4.79 Å². The number of nitrogens with zero attached hydrogens (tertiary/aromatic N) is 3. The first-order valence-corrected chi connectivity index (χ1v) is 7.97. The van der Waals surface area contributed by atoms with Crippen molar-refractivity contribution in [2.45, 2.75) is 13.5 Å². The van der Waals surface area contributed by atoms with Crippen LogP contribution >= 0.6 is 0 Å². The number of aromatic nitrogens is 3. The normalized spacial score (nSPS) is 10.8. The van der Waals surface area contributed by atoms with Crippen molar-refractivity contribution in [3.63, 3.8) is 0 Å². The zero-order valence-corrected chi connectivity index (χ0v) is 14.8. The van der Waals surface area contributed by atoms with Gasteiger partial charge in [0.15, 0.2) is 5.75 Å². The average molecular weight is 394 g/mol. The Morgan fingerprint density at radius 1 is 1.07 bits per heavy atom. The molecule has 3 aromatic rings. The van der Waals surface area contributed by atoms with Crippen LogP contribution in [0.15, 0.2) is 35.3 Å². The Bertz CT molecular complexity index is 1080. The third kappa shape index (κ3) is 4.11. The Kier molecular flexibility index (Phi) is 5.30. The number of hydrogen-bond donors (Lipinski definition) is 1. The van der Waals surface area contributed by atoms with Crippen molar-refractivity contribution < 1.29 is 22.3 Å². The van der Waals surface area contributed by atoms with Crippen molar-refractivity contribution in [1.29, 1.82) is 0 Å². The van der Waals surface area contributed by atoms with Crippen LogP contribution in [0.2, 0.25) is 0 Å². The molecule has 1 N–H and O–H groups in total. The molecule has 0 amide bonds. The highest BCUT2D eigenvalue weighted by Crippen LogP contribution is 2.25. The van der Waals surface area contributed by atoms with Gasteiger partial charge in [-0.1, -0.05) is 0 Å². The van der Waals surface area contributed by atoms with Crippen LogP contribution in [0.25, 0.3) is 0 Å². The lowest BCUT2D eigenvalue weighted by Crippen LogP contribution is -2.20. The molecule has 0 saturated heterocycles. The van der Waals surface area contributed by atoms with Crippen molar-refractivity contribution in [1.82, 2.24) is 14.5 Å². The standard InChI is InChI=1S/C18H14F4N4O2/c1-9-14(6-15(28-2)16(22)23-9)24-18-25-17(27)13(21)8-26(18)7-10-3-11(19)5-12(20)4-10/h3-6,8H,7H2,1-2H3,(H,24,25,27). The van der Waals surface area contributed by atoms with Crippen LogP contribution in [0.4, 0.5) is 29.2 Å². The van der Waals surface area contributed by atoms with E-state index in [0.717, 1.165) is 22.9 Å². The molecule has 0 radical (unpaired) electrons. The SMILES string of the molecule is COc1cc(Nc2nc(=O)c(F)cn2Cc2cc(F)cc(F)c2)c(C)nc1F. The molecule has 1 aromatic carbocycles. The van der Waals surface area contributed by atoms with Crippen LogP contribution < -0.4 is 15.6 Å². The highest BCUT2D eigenvalue weighted by atomic mass is 19.1. The maximum atomic E-state index is 13.8. The van der Waals surface area contributed by atoms with Gasteiger partial charge in [-0.15, -0.1) is 0 Å². The molecule has 0 aliphatic rings. The van der Waals surface area contributed by atoms with E-state index in [4.69, 9.17) is 4.74 Å². The van der Waals surface area contributed by atoms with Gasteiger partial charge in [0.05, 0.1) is 25.0 Å². The molecular formula is C18H14F4N4O2. The van der Waals surface area contributed by atoms with Crippen molar-refractivity contribution in [2.75, 3.05) is 12.4 Å². The minimum atomic E-state index is -1.14. The van der Waals surface area contributed by atoms with E-state index in [9.17, 15) is 22.4 Å². The van der Waals surface area contributed by atoms with E-state index in [-0.39, 0.29) is 35.2 Å². The third-order valence-corrected chi connectivity index (χ3v) is 3.83. The largest absolute Gasteiger partial charge is 0.492 e. The Morgan fingerprint density at radius 2 is 1.75 bits per heavy atom. The fraction of sp³-hybridized carbons (Fsp3) is 0.167. The molecule has 3 rings (SSSR count). The zero-order chi connectivity index (χ0) is 20.4. The fourth-order valence-corrected chi connectivity index (χ4v) is 2.53. The number of anilines is 2. The Balaban J connectivity index is 2.04. The number of nitrogens with one attached hydrogen (secondary N) is 1. The Hall–Kier alpha value is -3.43. The van der Waals surface area contributed by atoms with Gasteiger partial charge in [0.1, 0.15) is 11.6 Å². The van der Waals surface area contributed by atoms with Crippen LogP contribution in [-0.2, 0) is 6.54 Å². The summed E-state index contributed by atoms with van der Waals surface area (Å²) in [4.78, 5) is 18.9. The molecule has 6 nitrogen and oxygen atoms in total. The maximum absolute atomic E-state index is 13.8. The summed E-state index contributed by atoms with van der Waals surface area (Å²) in [5.41, 5.74) is -0.489. The molecule has 0 unspecified atom stereocenters. The van der Waals surface area contributed by atoms with Crippen molar-refractivity contribution in [2.24, 2.45) is 0 Å². The third-order valence-electron chi connectivity index (χ3n) is 3.83. The number of ether oxygens (including phenoxy) is 1. The first-order valence-electron chi connectivity index (χ1n) is 7.97. The molecule has 0 saturated carbocycles. The van der Waals surface area contributed by atoms with Crippen molar-refractivity contribution in [3.05, 3.63) is 75.5 Å². The molecule has 28 heavy (non-hydrogen) atoms. The second-order valence-corrected chi connectivity index (χ2v) is 5.86. The first kappa shape index (κ1) is 19.3. The highest BCUT2D eigenvalue weighted by Gasteiger charge is 2.14. The number of pyridine rings is 1. The predicted octanol–water partition coefficient (Wildman–Crippen LogP) is 3.30. The lowest BCUT2D eigenvalue weighted by atomic mass is 10.2.